The predicted molar refractivity (Wildman–Crippen MR) is 481 cm³/mol. The molecule has 0 saturated heterocycles. The van der Waals surface area contributed by atoms with Crippen LogP contribution < -0.4 is 0 Å². The van der Waals surface area contributed by atoms with Crippen molar-refractivity contribution in [2.75, 3.05) is 0 Å². The molecule has 0 nitrogen and oxygen atoms in total. The summed E-state index contributed by atoms with van der Waals surface area (Å²) in [5, 5.41) is 0. The van der Waals surface area contributed by atoms with Crippen LogP contribution in [0.1, 0.15) is 458 Å². The molecule has 0 rings (SSSR count). The molecule has 0 aliphatic heterocycles. The predicted octanol–water partition coefficient (Wildman–Crippen LogP) is 43.5. The van der Waals surface area contributed by atoms with E-state index in [0.29, 0.717) is 83.5 Å². The van der Waals surface area contributed by atoms with Crippen LogP contribution in [0, 0.1) is 118 Å². The van der Waals surface area contributed by atoms with Gasteiger partial charge in [0, 0.05) is 0 Å². The molecular weight excluding hydrogens is 1760 g/mol. The van der Waals surface area contributed by atoms with Crippen LogP contribution in [-0.2, 0) is 0 Å². The highest BCUT2D eigenvalue weighted by atomic mass is 19.4. The molecule has 0 bridgehead atoms. The SMILES string of the molecule is CC(C)C(C(C)C)C(C)(C)C(F)(F)F.CCC(C)(CC)C(F)(F)F.CCC(C)(CC)[C@](C)(CC)C(F)(F)F.CCC(CC)[C@](C)(CC)C(F)(F)F.CCCC(C)(CCC)C(F)(F)F.CCC[C@@](C)(C(CC)CC)C(F)(F)F.CCC[C@](C)(C(F)(F)F)C(C)(CC)CC.CCC[C@](C)(CC)C(F)(F)F.CC[C@@](C)(C(C(C)C)C(C)C)C(F)(F)F.CC[C@@](C)(C(C)C)C(F)(F)F. The van der Waals surface area contributed by atoms with E-state index in [2.05, 4.69) is 0 Å². The van der Waals surface area contributed by atoms with E-state index >= 15 is 0 Å². The van der Waals surface area contributed by atoms with Gasteiger partial charge < -0.3 is 0 Å². The van der Waals surface area contributed by atoms with E-state index in [9.17, 15) is 132 Å². The topological polar surface area (TPSA) is 0 Å². The lowest BCUT2D eigenvalue weighted by molar-refractivity contribution is -0.261. The monoisotopic (exact) mass is 1950 g/mol. The minimum Gasteiger partial charge on any atom is -0.171 e. The Morgan fingerprint density at radius 3 is 0.488 bits per heavy atom. The largest absolute Gasteiger partial charge is 0.394 e. The van der Waals surface area contributed by atoms with Gasteiger partial charge in [-0.05, 0) is 167 Å². The van der Waals surface area contributed by atoms with E-state index in [1.165, 1.54) is 76.2 Å². The van der Waals surface area contributed by atoms with E-state index in [1.807, 2.05) is 125 Å². The zero-order chi connectivity index (χ0) is 107. The van der Waals surface area contributed by atoms with Gasteiger partial charge in [-0.15, -0.1) is 0 Å². The number of hydrogen-bond donors (Lipinski definition) is 0. The van der Waals surface area contributed by atoms with Gasteiger partial charge in [0.15, 0.2) is 0 Å². The Labute approximate surface area is 767 Å². The summed E-state index contributed by atoms with van der Waals surface area (Å²) in [5.41, 5.74) is -16.5. The number of rotatable bonds is 36. The molecule has 0 amide bonds. The van der Waals surface area contributed by atoms with Crippen LogP contribution in [0.5, 0.6) is 0 Å². The highest BCUT2D eigenvalue weighted by Gasteiger charge is 2.63. The van der Waals surface area contributed by atoms with E-state index in [0.717, 1.165) is 0 Å². The highest BCUT2D eigenvalue weighted by molar-refractivity contribution is 4.98. The molecule has 0 unspecified atom stereocenters. The molecule has 0 spiro atoms. The maximum atomic E-state index is 13.2. The average Bonchev–Trinajstić information content (AvgIpc) is 0.756. The summed E-state index contributed by atoms with van der Waals surface area (Å²) < 4.78 is 381. The van der Waals surface area contributed by atoms with Crippen molar-refractivity contribution in [3.8, 4) is 0 Å². The van der Waals surface area contributed by atoms with Gasteiger partial charge in [0.25, 0.3) is 0 Å². The molecule has 0 radical (unpaired) electrons. The third-order valence-electron chi connectivity index (χ3n) is 31.1. The summed E-state index contributed by atoms with van der Waals surface area (Å²) in [5.74, 6) is -1.30. The number of halogens is 30. The summed E-state index contributed by atoms with van der Waals surface area (Å²) in [7, 11) is 0. The first-order valence-corrected chi connectivity index (χ1v) is 47.7. The van der Waals surface area contributed by atoms with Crippen LogP contribution >= 0.6 is 0 Å². The first-order valence-electron chi connectivity index (χ1n) is 47.7. The fourth-order valence-electron chi connectivity index (χ4n) is 18.2. The number of hydrogen-bond acceptors (Lipinski definition) is 0. The molecule has 794 valence electrons. The smallest absolute Gasteiger partial charge is 0.171 e. The fraction of sp³-hybridized carbons (Fsp3) is 1.00. The Morgan fingerprint density at radius 2 is 0.388 bits per heavy atom. The van der Waals surface area contributed by atoms with Crippen molar-refractivity contribution in [1.29, 1.82) is 0 Å². The molecule has 0 heterocycles. The molecule has 30 heteroatoms. The Kier molecular flexibility index (Phi) is 67.7. The van der Waals surface area contributed by atoms with Gasteiger partial charge in [0.2, 0.25) is 0 Å². The second-order valence-electron chi connectivity index (χ2n) is 40.7. The normalized spacial score (nSPS) is 16.7. The molecule has 0 aliphatic rings. The molecule has 0 aromatic carbocycles. The van der Waals surface area contributed by atoms with Gasteiger partial charge in [-0.1, -0.05) is 356 Å². The lowest BCUT2D eigenvalue weighted by Gasteiger charge is -2.47. The summed E-state index contributed by atoms with van der Waals surface area (Å²) >= 11 is 0. The minimum absolute atomic E-state index is 0.0478. The Hall–Kier alpha value is -2.10. The molecular formula is C99H188F30. The van der Waals surface area contributed by atoms with E-state index < -0.39 is 127 Å². The fourth-order valence-corrected chi connectivity index (χ4v) is 18.2. The average molecular weight is 1950 g/mol. The number of alkyl halides is 30. The molecule has 0 aliphatic carbocycles. The van der Waals surface area contributed by atoms with Crippen molar-refractivity contribution in [2.45, 2.75) is 520 Å². The Balaban J connectivity index is -0.000000153. The zero-order valence-corrected chi connectivity index (χ0v) is 88.2. The Bertz CT molecular complexity index is 2710. The lowest BCUT2D eigenvalue weighted by atomic mass is 9.60. The van der Waals surface area contributed by atoms with E-state index in [1.54, 1.807) is 96.9 Å². The third-order valence-corrected chi connectivity index (χ3v) is 31.1. The second-order valence-corrected chi connectivity index (χ2v) is 40.7. The van der Waals surface area contributed by atoms with Crippen molar-refractivity contribution >= 4 is 0 Å². The van der Waals surface area contributed by atoms with Crippen molar-refractivity contribution in [3.05, 3.63) is 0 Å². The molecule has 0 aromatic heterocycles. The van der Waals surface area contributed by atoms with Crippen LogP contribution in [0.3, 0.4) is 0 Å². The minimum atomic E-state index is -4.12. The van der Waals surface area contributed by atoms with Crippen molar-refractivity contribution < 1.29 is 132 Å². The summed E-state index contributed by atoms with van der Waals surface area (Å²) in [6.07, 6.45) is -30.9. The summed E-state index contributed by atoms with van der Waals surface area (Å²) in [6, 6.07) is 0. The van der Waals surface area contributed by atoms with Crippen LogP contribution in [0.4, 0.5) is 132 Å². The standard InChI is InChI=1S/2C12H23F3.3C11H21F3.C10H19F3.C9H17F3.2C8H15F3.C7H13F3/c1-7-11(6,12(13,14)15)10(8(2)3)9(4)5;1-6-9-11(5,12(13,14)15)10(4,7-2)8-3;1-7(2)9(8(3)4)10(5,6)11(12,13)14;1-6-9(4,7-2)10(5,8-3)11(12,13)14;1-5-8-10(4,11(12,13)14)9(6-2)7-3;1-5-8(6-2)9(4,7-3)10(11,12)13;1-4-6-8(3,7-5-2)9(10,11)12;1-5-7(4,6(2)3)8(9,10)11;1-4-6-7(3,5-2)8(9,10)11;1-4-6(3,5-2)7(8,9)10/h8-10H,7H2,1-6H3;6-9H2,1-5H3;7-9H,1-6H3;6-8H2,1-5H3;9H,5-8H2,1-4H3;8H,5-7H2,1-4H3;4-7H2,1-3H3;6H,5H2,1-4H3;4-6H2,1-3H3;4-5H2,1-3H3/t2*11-;;2*10-;9-;;2*7-;/m00.000.00./s1. The van der Waals surface area contributed by atoms with Gasteiger partial charge in [0.1, 0.15) is 0 Å². The quantitative estimate of drug-likeness (QED) is 0.0549. The maximum absolute atomic E-state index is 13.2. The van der Waals surface area contributed by atoms with Crippen LogP contribution in [0.15, 0.2) is 0 Å². The van der Waals surface area contributed by atoms with Gasteiger partial charge >= 0.3 is 61.8 Å². The Morgan fingerprint density at radius 1 is 0.171 bits per heavy atom. The maximum Gasteiger partial charge on any atom is 0.394 e. The van der Waals surface area contributed by atoms with Crippen LogP contribution in [0.25, 0.3) is 0 Å². The highest BCUT2D eigenvalue weighted by Crippen LogP contribution is 2.60. The first-order chi connectivity index (χ1) is 57.0. The molecule has 0 saturated carbocycles. The lowest BCUT2D eigenvalue weighted by Crippen LogP contribution is -2.48. The molecule has 129 heavy (non-hydrogen) atoms. The zero-order valence-electron chi connectivity index (χ0n) is 88.2. The summed E-state index contributed by atoms with van der Waals surface area (Å²) in [4.78, 5) is 0. The molecule has 0 fully saturated rings. The van der Waals surface area contributed by atoms with Crippen molar-refractivity contribution in [3.63, 3.8) is 0 Å². The second kappa shape index (κ2) is 59.4. The molecule has 7 atom stereocenters. The van der Waals surface area contributed by atoms with Gasteiger partial charge in [-0.3, -0.25) is 0 Å². The van der Waals surface area contributed by atoms with Crippen molar-refractivity contribution in [1.82, 2.24) is 0 Å². The van der Waals surface area contributed by atoms with Gasteiger partial charge in [0.05, 0.1) is 54.1 Å². The molecule has 0 N–H and O–H groups in total. The van der Waals surface area contributed by atoms with E-state index in [4.69, 9.17) is 0 Å². The van der Waals surface area contributed by atoms with Gasteiger partial charge in [-0.25, -0.2) is 0 Å². The van der Waals surface area contributed by atoms with Crippen LogP contribution in [0.2, 0.25) is 0 Å². The van der Waals surface area contributed by atoms with E-state index in [-0.39, 0.29) is 130 Å². The van der Waals surface area contributed by atoms with Gasteiger partial charge in [-0.2, -0.15) is 132 Å². The van der Waals surface area contributed by atoms with Crippen LogP contribution in [-0.4, -0.2) is 61.8 Å². The van der Waals surface area contributed by atoms with Crippen molar-refractivity contribution in [2.24, 2.45) is 118 Å². The molecule has 0 aromatic rings. The summed E-state index contributed by atoms with van der Waals surface area (Å²) in [6.45, 7) is 71.1. The third kappa shape index (κ3) is 42.6. The first kappa shape index (κ1) is 147.